The smallest absolute Gasteiger partial charge is 0.326 e. The van der Waals surface area contributed by atoms with Gasteiger partial charge in [-0.25, -0.2) is 20.4 Å². The van der Waals surface area contributed by atoms with Crippen LogP contribution in [-0.2, 0) is 0 Å². The minimum atomic E-state index is -0.709. The molecule has 0 bridgehead atoms. The third kappa shape index (κ3) is 6.84. The van der Waals surface area contributed by atoms with Crippen LogP contribution in [0.15, 0.2) is 0 Å². The average Bonchev–Trinajstić information content (AvgIpc) is 2.04. The lowest BCUT2D eigenvalue weighted by atomic mass is 10.4. The molecule has 0 rings (SSSR count). The van der Waals surface area contributed by atoms with Crippen molar-refractivity contribution in [3.8, 4) is 0 Å². The van der Waals surface area contributed by atoms with E-state index in [1.165, 1.54) is 0 Å². The Balaban J connectivity index is 3.63. The molecule has 0 fully saturated rings. The maximum Gasteiger partial charge on any atom is 0.326 e. The Morgan fingerprint density at radius 3 is 1.77 bits per heavy atom. The molecule has 13 heavy (non-hydrogen) atoms. The van der Waals surface area contributed by atoms with Crippen molar-refractivity contribution in [3.05, 3.63) is 0 Å². The Morgan fingerprint density at radius 2 is 1.54 bits per heavy atom. The number of urea groups is 2. The zero-order chi connectivity index (χ0) is 10.3. The summed E-state index contributed by atoms with van der Waals surface area (Å²) in [7, 11) is 0. The van der Waals surface area contributed by atoms with E-state index >= 15 is 0 Å². The van der Waals surface area contributed by atoms with Crippen LogP contribution in [0.5, 0.6) is 0 Å². The maximum atomic E-state index is 10.3. The lowest BCUT2D eigenvalue weighted by Gasteiger charge is -2.17. The van der Waals surface area contributed by atoms with E-state index in [-0.39, 0.29) is 6.17 Å². The lowest BCUT2D eigenvalue weighted by molar-refractivity contribution is 0.230. The molecule has 4 amide bonds. The molecule has 0 spiro atoms. The van der Waals surface area contributed by atoms with E-state index < -0.39 is 12.1 Å². The van der Waals surface area contributed by atoms with Gasteiger partial charge in [0.05, 0.1) is 6.17 Å². The molecule has 8 N–H and O–H groups in total. The van der Waals surface area contributed by atoms with E-state index in [4.69, 9.17) is 11.5 Å². The first-order valence-electron chi connectivity index (χ1n) is 3.68. The van der Waals surface area contributed by atoms with Gasteiger partial charge in [0.1, 0.15) is 0 Å². The van der Waals surface area contributed by atoms with Crippen molar-refractivity contribution in [2.45, 2.75) is 19.5 Å². The maximum absolute atomic E-state index is 10.3. The number of carbonyl (C=O) groups excluding carboxylic acids is 2. The number of hydrazine groups is 2. The fourth-order valence-electron chi connectivity index (χ4n) is 0.557. The molecular weight excluding hydrogens is 176 g/mol. The Kier molecular flexibility index (Phi) is 5.32. The van der Waals surface area contributed by atoms with Crippen LogP contribution in [0.1, 0.15) is 13.3 Å². The number of nitrogens with two attached hydrogens (primary N) is 2. The quantitative estimate of drug-likeness (QED) is 0.222. The Hall–Kier alpha value is -1.54. The minimum absolute atomic E-state index is 0.333. The van der Waals surface area contributed by atoms with E-state index in [0.717, 1.165) is 0 Å². The number of primary amides is 2. The van der Waals surface area contributed by atoms with Gasteiger partial charge in [0, 0.05) is 0 Å². The Bertz CT molecular complexity index is 166. The highest BCUT2D eigenvalue weighted by Gasteiger charge is 2.04. The molecule has 0 aliphatic carbocycles. The summed E-state index contributed by atoms with van der Waals surface area (Å²) in [5.74, 6) is 0. The van der Waals surface area contributed by atoms with Crippen molar-refractivity contribution >= 4 is 12.1 Å². The summed E-state index contributed by atoms with van der Waals surface area (Å²) in [4.78, 5) is 20.5. The van der Waals surface area contributed by atoms with Crippen LogP contribution in [0.4, 0.5) is 9.59 Å². The summed E-state index contributed by atoms with van der Waals surface area (Å²) in [6.45, 7) is 1.83. The molecular formula is C5H14N6O2. The van der Waals surface area contributed by atoms with E-state index in [2.05, 4.69) is 21.7 Å². The first kappa shape index (κ1) is 11.5. The van der Waals surface area contributed by atoms with E-state index in [0.29, 0.717) is 6.42 Å². The number of rotatable bonds is 5. The number of carbonyl (C=O) groups is 2. The molecule has 0 aromatic carbocycles. The normalized spacial score (nSPS) is 9.69. The predicted molar refractivity (Wildman–Crippen MR) is 45.8 cm³/mol. The van der Waals surface area contributed by atoms with Crippen molar-refractivity contribution in [1.82, 2.24) is 21.7 Å². The van der Waals surface area contributed by atoms with E-state index in [1.807, 2.05) is 6.92 Å². The van der Waals surface area contributed by atoms with Gasteiger partial charge < -0.3 is 11.5 Å². The molecule has 0 aliphatic heterocycles. The van der Waals surface area contributed by atoms with Gasteiger partial charge >= 0.3 is 12.1 Å². The number of amides is 4. The summed E-state index contributed by atoms with van der Waals surface area (Å²) in [5, 5.41) is 0. The van der Waals surface area contributed by atoms with Crippen molar-refractivity contribution in [1.29, 1.82) is 0 Å². The van der Waals surface area contributed by atoms with Crippen molar-refractivity contribution in [3.63, 3.8) is 0 Å². The monoisotopic (exact) mass is 190 g/mol. The molecule has 0 saturated heterocycles. The molecule has 0 atom stereocenters. The van der Waals surface area contributed by atoms with Gasteiger partial charge in [-0.05, 0) is 6.42 Å². The fourth-order valence-corrected chi connectivity index (χ4v) is 0.557. The molecule has 0 unspecified atom stereocenters. The highest BCUT2D eigenvalue weighted by Crippen LogP contribution is 1.80. The summed E-state index contributed by atoms with van der Waals surface area (Å²) in [6, 6.07) is -1.42. The molecule has 8 heteroatoms. The van der Waals surface area contributed by atoms with Crippen LogP contribution in [0.25, 0.3) is 0 Å². The largest absolute Gasteiger partial charge is 0.351 e. The number of hydrogen-bond donors (Lipinski definition) is 6. The van der Waals surface area contributed by atoms with Crippen LogP contribution in [0.3, 0.4) is 0 Å². The highest BCUT2D eigenvalue weighted by atomic mass is 16.2. The second-order valence-corrected chi connectivity index (χ2v) is 2.23. The van der Waals surface area contributed by atoms with E-state index in [9.17, 15) is 9.59 Å². The lowest BCUT2D eigenvalue weighted by Crippen LogP contribution is -2.57. The number of hydrogen-bond acceptors (Lipinski definition) is 4. The van der Waals surface area contributed by atoms with Crippen molar-refractivity contribution in [2.75, 3.05) is 0 Å². The van der Waals surface area contributed by atoms with Gasteiger partial charge in [0.15, 0.2) is 0 Å². The fraction of sp³-hybridized carbons (Fsp3) is 0.600. The standard InChI is InChI=1S/C5H14N6O2/c1-2-3(8-10-4(6)12)9-11-5(7)13/h3,8-9H,2H2,1H3,(H3,6,10,12)(H3,7,11,13). The first-order chi connectivity index (χ1) is 6.06. The molecule has 0 aromatic rings. The summed E-state index contributed by atoms with van der Waals surface area (Å²) >= 11 is 0. The topological polar surface area (TPSA) is 134 Å². The third-order valence-electron chi connectivity index (χ3n) is 1.15. The van der Waals surface area contributed by atoms with Crippen molar-refractivity contribution < 1.29 is 9.59 Å². The highest BCUT2D eigenvalue weighted by molar-refractivity contribution is 5.71. The third-order valence-corrected chi connectivity index (χ3v) is 1.15. The summed E-state index contributed by atoms with van der Waals surface area (Å²) < 4.78 is 0. The molecule has 0 aromatic heterocycles. The van der Waals surface area contributed by atoms with Gasteiger partial charge in [0.2, 0.25) is 0 Å². The van der Waals surface area contributed by atoms with Crippen LogP contribution in [0.2, 0.25) is 0 Å². The molecule has 0 radical (unpaired) electrons. The van der Waals surface area contributed by atoms with Gasteiger partial charge in [-0.15, -0.1) is 0 Å². The number of nitrogens with one attached hydrogen (secondary N) is 4. The average molecular weight is 190 g/mol. The van der Waals surface area contributed by atoms with Crippen LogP contribution in [-0.4, -0.2) is 18.2 Å². The SMILES string of the molecule is CCC(NNC(N)=O)NNC(N)=O. The van der Waals surface area contributed by atoms with Crippen molar-refractivity contribution in [2.24, 2.45) is 11.5 Å². The summed E-state index contributed by atoms with van der Waals surface area (Å²) in [5.41, 5.74) is 18.9. The Morgan fingerprint density at radius 1 is 1.15 bits per heavy atom. The minimum Gasteiger partial charge on any atom is -0.351 e. The van der Waals surface area contributed by atoms with E-state index in [1.54, 1.807) is 0 Å². The predicted octanol–water partition coefficient (Wildman–Crippen LogP) is -1.93. The van der Waals surface area contributed by atoms with Gasteiger partial charge in [-0.2, -0.15) is 0 Å². The summed E-state index contributed by atoms with van der Waals surface area (Å²) in [6.07, 6.45) is 0.278. The second-order valence-electron chi connectivity index (χ2n) is 2.23. The molecule has 0 saturated carbocycles. The van der Waals surface area contributed by atoms with Crippen LogP contribution >= 0.6 is 0 Å². The molecule has 0 aliphatic rings. The molecule has 0 heterocycles. The van der Waals surface area contributed by atoms with Gasteiger partial charge in [-0.3, -0.25) is 10.9 Å². The first-order valence-corrected chi connectivity index (χ1v) is 3.68. The van der Waals surface area contributed by atoms with Crippen LogP contribution in [0, 0.1) is 0 Å². The van der Waals surface area contributed by atoms with Crippen LogP contribution < -0.4 is 33.2 Å². The molecule has 8 nitrogen and oxygen atoms in total. The second kappa shape index (κ2) is 6.03. The van der Waals surface area contributed by atoms with Gasteiger partial charge in [0.25, 0.3) is 0 Å². The van der Waals surface area contributed by atoms with Gasteiger partial charge in [-0.1, -0.05) is 6.92 Å². The zero-order valence-corrected chi connectivity index (χ0v) is 7.26. The Labute approximate surface area is 75.3 Å². The molecule has 76 valence electrons. The zero-order valence-electron chi connectivity index (χ0n) is 7.26.